The second-order valence-electron chi connectivity index (χ2n) is 7.17. The van der Waals surface area contributed by atoms with Crippen LogP contribution in [0.25, 0.3) is 16.7 Å². The van der Waals surface area contributed by atoms with Crippen LogP contribution in [0, 0.1) is 0 Å². The van der Waals surface area contributed by atoms with Gasteiger partial charge in [-0.25, -0.2) is 4.68 Å². The van der Waals surface area contributed by atoms with Gasteiger partial charge in [0.15, 0.2) is 5.65 Å². The molecule has 2 atom stereocenters. The maximum Gasteiger partial charge on any atom is 0.263 e. The topological polar surface area (TPSA) is 90.3 Å². The van der Waals surface area contributed by atoms with Crippen molar-refractivity contribution in [2.75, 3.05) is 31.1 Å². The predicted molar refractivity (Wildman–Crippen MR) is 104 cm³/mol. The van der Waals surface area contributed by atoms with Crippen molar-refractivity contribution in [3.63, 3.8) is 0 Å². The molecule has 0 unspecified atom stereocenters. The van der Waals surface area contributed by atoms with Crippen LogP contribution in [-0.2, 0) is 0 Å². The first-order valence-electron chi connectivity index (χ1n) is 9.23. The Labute approximate surface area is 157 Å². The molecular formula is C19H24N6O2. The first-order valence-corrected chi connectivity index (χ1v) is 9.23. The van der Waals surface area contributed by atoms with E-state index in [0.717, 1.165) is 25.3 Å². The van der Waals surface area contributed by atoms with Crippen molar-refractivity contribution in [1.82, 2.24) is 24.6 Å². The summed E-state index contributed by atoms with van der Waals surface area (Å²) in [5.74, 6) is 0.564. The van der Waals surface area contributed by atoms with E-state index in [1.165, 1.54) is 0 Å². The fourth-order valence-corrected chi connectivity index (χ4v) is 3.69. The van der Waals surface area contributed by atoms with E-state index < -0.39 is 0 Å². The zero-order valence-corrected chi connectivity index (χ0v) is 15.5. The summed E-state index contributed by atoms with van der Waals surface area (Å²) >= 11 is 0. The molecule has 1 aromatic carbocycles. The molecule has 27 heavy (non-hydrogen) atoms. The molecule has 4 rings (SSSR count). The average molecular weight is 368 g/mol. The Balaban J connectivity index is 1.68. The fourth-order valence-electron chi connectivity index (χ4n) is 3.69. The molecule has 1 fully saturated rings. The predicted octanol–water partition coefficient (Wildman–Crippen LogP) is 1.00. The number of hydrogen-bond donors (Lipinski definition) is 2. The molecule has 1 aliphatic rings. The lowest BCUT2D eigenvalue weighted by Crippen LogP contribution is -2.54. The lowest BCUT2D eigenvalue weighted by Gasteiger charge is -2.40. The van der Waals surface area contributed by atoms with Gasteiger partial charge in [0.1, 0.15) is 5.39 Å². The molecule has 142 valence electrons. The van der Waals surface area contributed by atoms with Crippen molar-refractivity contribution >= 4 is 17.0 Å². The van der Waals surface area contributed by atoms with Gasteiger partial charge in [0.25, 0.3) is 5.56 Å². The summed E-state index contributed by atoms with van der Waals surface area (Å²) in [7, 11) is 0. The number of nitrogens with zero attached hydrogens (tertiary/aromatic N) is 5. The molecule has 8 nitrogen and oxygen atoms in total. The average Bonchev–Trinajstić information content (AvgIpc) is 3.06. The highest BCUT2D eigenvalue weighted by atomic mass is 16.3. The summed E-state index contributed by atoms with van der Waals surface area (Å²) < 4.78 is 1.70. The van der Waals surface area contributed by atoms with Gasteiger partial charge in [0, 0.05) is 32.2 Å². The van der Waals surface area contributed by atoms with E-state index >= 15 is 0 Å². The Hall–Kier alpha value is -2.71. The minimum absolute atomic E-state index is 0.172. The molecule has 1 aliphatic heterocycles. The molecule has 3 aromatic rings. The van der Waals surface area contributed by atoms with Crippen LogP contribution in [0.5, 0.6) is 0 Å². The van der Waals surface area contributed by atoms with Crippen LogP contribution >= 0.6 is 0 Å². The molecule has 0 saturated carbocycles. The highest BCUT2D eigenvalue weighted by Gasteiger charge is 2.26. The lowest BCUT2D eigenvalue weighted by atomic mass is 10.2. The summed E-state index contributed by atoms with van der Waals surface area (Å²) in [6.07, 6.45) is 1.21. The summed E-state index contributed by atoms with van der Waals surface area (Å²) in [5.41, 5.74) is 1.24. The molecule has 2 N–H and O–H groups in total. The molecule has 8 heteroatoms. The molecule has 1 saturated heterocycles. The smallest absolute Gasteiger partial charge is 0.263 e. The van der Waals surface area contributed by atoms with Gasteiger partial charge in [-0.2, -0.15) is 10.1 Å². The van der Waals surface area contributed by atoms with Gasteiger partial charge in [-0.3, -0.25) is 14.7 Å². The number of fused-ring (bicyclic) bond motifs is 1. The Morgan fingerprint density at radius 3 is 2.78 bits per heavy atom. The summed E-state index contributed by atoms with van der Waals surface area (Å²) in [5, 5.41) is 14.4. The number of aliphatic hydroxyl groups is 1. The maximum absolute atomic E-state index is 12.6. The summed E-state index contributed by atoms with van der Waals surface area (Å²) in [6.45, 7) is 6.92. The van der Waals surface area contributed by atoms with E-state index in [1.54, 1.807) is 17.8 Å². The van der Waals surface area contributed by atoms with Gasteiger partial charge >= 0.3 is 0 Å². The van der Waals surface area contributed by atoms with Crippen LogP contribution in [-0.4, -0.2) is 68.1 Å². The second-order valence-corrected chi connectivity index (χ2v) is 7.17. The number of para-hydroxylation sites is 1. The Bertz CT molecular complexity index is 981. The van der Waals surface area contributed by atoms with Gasteiger partial charge in [-0.15, -0.1) is 0 Å². The number of hydrogen-bond acceptors (Lipinski definition) is 6. The number of piperazine rings is 1. The van der Waals surface area contributed by atoms with Gasteiger partial charge in [-0.1, -0.05) is 18.2 Å². The number of aromatic nitrogens is 4. The van der Waals surface area contributed by atoms with Crippen molar-refractivity contribution < 1.29 is 5.11 Å². The number of aromatic amines is 1. The number of rotatable bonds is 4. The van der Waals surface area contributed by atoms with Crippen LogP contribution in [0.3, 0.4) is 0 Å². The normalized spacial score (nSPS) is 19.5. The van der Waals surface area contributed by atoms with Crippen molar-refractivity contribution in [2.24, 2.45) is 0 Å². The first-order chi connectivity index (χ1) is 13.0. The van der Waals surface area contributed by atoms with Gasteiger partial charge < -0.3 is 10.0 Å². The lowest BCUT2D eigenvalue weighted by molar-refractivity contribution is 0.114. The Kier molecular flexibility index (Phi) is 4.67. The number of β-amino-alcohol motifs (C(OH)–C–C–N with tert-alkyl or cyclic N) is 1. The molecule has 0 radical (unpaired) electrons. The highest BCUT2D eigenvalue weighted by Crippen LogP contribution is 2.19. The molecule has 0 amide bonds. The van der Waals surface area contributed by atoms with E-state index in [9.17, 15) is 9.90 Å². The molecule has 3 heterocycles. The fraction of sp³-hybridized carbons (Fsp3) is 0.421. The minimum atomic E-state index is -0.349. The second kappa shape index (κ2) is 7.13. The van der Waals surface area contributed by atoms with E-state index in [4.69, 9.17) is 4.98 Å². The van der Waals surface area contributed by atoms with E-state index in [1.807, 2.05) is 30.3 Å². The zero-order chi connectivity index (χ0) is 19.0. The molecule has 0 aliphatic carbocycles. The van der Waals surface area contributed by atoms with Gasteiger partial charge in [0.05, 0.1) is 18.0 Å². The Morgan fingerprint density at radius 2 is 2.07 bits per heavy atom. The summed E-state index contributed by atoms with van der Waals surface area (Å²) in [4.78, 5) is 24.6. The number of H-pyrrole nitrogens is 1. The SMILES string of the molecule is C[C@H](O)CN1CCN(c2nc3c(cnn3-c3ccccc3)c(=O)[nH]2)[C@H](C)C1. The van der Waals surface area contributed by atoms with E-state index in [2.05, 4.69) is 26.8 Å². The van der Waals surface area contributed by atoms with Crippen molar-refractivity contribution in [2.45, 2.75) is 26.0 Å². The minimum Gasteiger partial charge on any atom is -0.392 e. The highest BCUT2D eigenvalue weighted by molar-refractivity contribution is 5.76. The van der Waals surface area contributed by atoms with Crippen molar-refractivity contribution in [3.8, 4) is 5.69 Å². The van der Waals surface area contributed by atoms with E-state index in [0.29, 0.717) is 23.5 Å². The molecular weight excluding hydrogens is 344 g/mol. The van der Waals surface area contributed by atoms with Crippen molar-refractivity contribution in [1.29, 1.82) is 0 Å². The Morgan fingerprint density at radius 1 is 1.30 bits per heavy atom. The van der Waals surface area contributed by atoms with Crippen LogP contribution in [0.15, 0.2) is 41.3 Å². The number of anilines is 1. The zero-order valence-electron chi connectivity index (χ0n) is 15.5. The van der Waals surface area contributed by atoms with Gasteiger partial charge in [0.2, 0.25) is 5.95 Å². The number of aliphatic hydroxyl groups excluding tert-OH is 1. The monoisotopic (exact) mass is 368 g/mol. The standard InChI is InChI=1S/C19H24N6O2/c1-13-11-23(12-14(2)26)8-9-24(13)19-21-17-16(18(27)22-19)10-20-25(17)15-6-4-3-5-7-15/h3-7,10,13-14,26H,8-9,11-12H2,1-2H3,(H,21,22,27)/t13-,14+/m1/s1. The van der Waals surface area contributed by atoms with Crippen LogP contribution in [0.2, 0.25) is 0 Å². The van der Waals surface area contributed by atoms with Crippen molar-refractivity contribution in [3.05, 3.63) is 46.9 Å². The van der Waals surface area contributed by atoms with Gasteiger partial charge in [-0.05, 0) is 26.0 Å². The third kappa shape index (κ3) is 3.45. The van der Waals surface area contributed by atoms with E-state index in [-0.39, 0.29) is 17.7 Å². The summed E-state index contributed by atoms with van der Waals surface area (Å²) in [6, 6.07) is 9.85. The van der Waals surface area contributed by atoms with Crippen LogP contribution in [0.1, 0.15) is 13.8 Å². The molecule has 0 spiro atoms. The first kappa shape index (κ1) is 17.7. The largest absolute Gasteiger partial charge is 0.392 e. The quantitative estimate of drug-likeness (QED) is 0.714. The molecule has 2 aromatic heterocycles. The molecule has 0 bridgehead atoms. The van der Waals surface area contributed by atoms with Crippen LogP contribution in [0.4, 0.5) is 5.95 Å². The van der Waals surface area contributed by atoms with Crippen LogP contribution < -0.4 is 10.5 Å². The number of nitrogens with one attached hydrogen (secondary N) is 1. The maximum atomic E-state index is 12.6. The third-order valence-electron chi connectivity index (χ3n) is 4.93. The number of benzene rings is 1. The third-order valence-corrected chi connectivity index (χ3v) is 4.93.